The van der Waals surface area contributed by atoms with Crippen LogP contribution >= 0.6 is 0 Å². The molecule has 322 valence electrons. The molecule has 3 N–H and O–H groups in total. The van der Waals surface area contributed by atoms with E-state index in [9.17, 15) is 43.5 Å². The molecule has 16 nitrogen and oxygen atoms in total. The number of cyclic esters (lactones) is 1. The third kappa shape index (κ3) is 8.43. The average Bonchev–Trinajstić information content (AvgIpc) is 3.77. The highest BCUT2D eigenvalue weighted by Gasteiger charge is 2.45. The van der Waals surface area contributed by atoms with Crippen molar-refractivity contribution in [1.29, 1.82) is 0 Å². The Bertz CT molecular complexity index is 2430. The second kappa shape index (κ2) is 17.6. The lowest BCUT2D eigenvalue weighted by Crippen LogP contribution is -2.44. The molecular weight excluding hydrogens is 787 g/mol. The molecule has 61 heavy (non-hydrogen) atoms. The van der Waals surface area contributed by atoms with Crippen LogP contribution in [0.15, 0.2) is 35.1 Å². The van der Waals surface area contributed by atoms with Crippen molar-refractivity contribution in [2.45, 2.75) is 104 Å². The van der Waals surface area contributed by atoms with Crippen LogP contribution in [0.25, 0.3) is 22.3 Å². The van der Waals surface area contributed by atoms with E-state index in [-0.39, 0.29) is 111 Å². The highest BCUT2D eigenvalue weighted by molar-refractivity contribution is 6.13. The Morgan fingerprint density at radius 2 is 1.70 bits per heavy atom. The SMILES string of the molecule is CC[C@@]1(O)C(=O)OCc2c1cc1n(c2=O)Cc2c-1nc1ccc(CC(=O)[C@H](C)NC(=O)[C@@H](CC(=O)CCOCCNC(=O)CCN3C(=O)C=CC3=O)C(C)C)c3c1c2CCC3. The number of aromatic nitrogens is 2. The monoisotopic (exact) mass is 837 g/mol. The largest absolute Gasteiger partial charge is 0.458 e. The Labute approximate surface area is 352 Å². The summed E-state index contributed by atoms with van der Waals surface area (Å²) in [5, 5.41) is 17.7. The van der Waals surface area contributed by atoms with E-state index in [4.69, 9.17) is 14.5 Å². The number of benzene rings is 1. The standard InChI is InChI=1S/C45H51N5O11/c1-5-45(59)33-21-35-41-31(22-50(35)43(57)32(33)23-61-44(45)58)29-8-6-7-28-26(9-10-34(48-41)40(28)29)19-36(52)25(4)47-42(56)30(24(2)3)20-27(51)14-17-60-18-15-46-37(53)13-16-49-38(54)11-12-39(49)55/h9-12,21,24-25,30,59H,5-8,13-20,22-23H2,1-4H3,(H,46,53)(H,47,56)/t25-,30-,45-/m0/s1. The number of nitrogens with zero attached hydrogens (tertiary/aromatic N) is 3. The number of Topliss-reactive ketones (excluding diaryl/α,β-unsaturated/α-hetero) is 2. The van der Waals surface area contributed by atoms with Crippen molar-refractivity contribution >= 4 is 52.1 Å². The second-order valence-electron chi connectivity index (χ2n) is 16.6. The van der Waals surface area contributed by atoms with Gasteiger partial charge in [0.05, 0.1) is 48.3 Å². The predicted octanol–water partition coefficient (Wildman–Crippen LogP) is 2.25. The molecule has 3 aromatic rings. The fourth-order valence-electron chi connectivity index (χ4n) is 8.78. The van der Waals surface area contributed by atoms with Gasteiger partial charge in [0.1, 0.15) is 12.4 Å². The van der Waals surface area contributed by atoms with Crippen molar-refractivity contribution in [1.82, 2.24) is 25.1 Å². The van der Waals surface area contributed by atoms with E-state index in [2.05, 4.69) is 10.6 Å². The van der Waals surface area contributed by atoms with E-state index in [0.717, 1.165) is 69.5 Å². The number of ketones is 2. The first kappa shape index (κ1) is 43.2. The van der Waals surface area contributed by atoms with Gasteiger partial charge in [-0.25, -0.2) is 9.78 Å². The summed E-state index contributed by atoms with van der Waals surface area (Å²) >= 11 is 0. The molecule has 0 unspecified atom stereocenters. The number of esters is 1. The second-order valence-corrected chi connectivity index (χ2v) is 16.6. The lowest BCUT2D eigenvalue weighted by molar-refractivity contribution is -0.172. The first-order chi connectivity index (χ1) is 29.1. The number of fused-ring (bicyclic) bond motifs is 5. The molecule has 4 aliphatic rings. The molecule has 5 heterocycles. The van der Waals surface area contributed by atoms with Crippen LogP contribution in [0.2, 0.25) is 0 Å². The van der Waals surface area contributed by atoms with Crippen molar-refractivity contribution in [2.75, 3.05) is 26.3 Å². The van der Waals surface area contributed by atoms with Crippen molar-refractivity contribution in [3.8, 4) is 11.4 Å². The molecular formula is C45H51N5O11. The average molecular weight is 838 g/mol. The topological polar surface area (TPSA) is 220 Å². The van der Waals surface area contributed by atoms with Gasteiger partial charge in [-0.2, -0.15) is 0 Å². The van der Waals surface area contributed by atoms with E-state index in [1.165, 1.54) is 0 Å². The lowest BCUT2D eigenvalue weighted by atomic mass is 9.83. The van der Waals surface area contributed by atoms with Crippen molar-refractivity contribution < 1.29 is 48.1 Å². The minimum atomic E-state index is -1.92. The third-order valence-electron chi connectivity index (χ3n) is 12.4. The maximum Gasteiger partial charge on any atom is 0.343 e. The zero-order valence-corrected chi connectivity index (χ0v) is 34.9. The molecule has 0 radical (unpaired) electrons. The summed E-state index contributed by atoms with van der Waals surface area (Å²) in [6.07, 6.45) is 4.78. The highest BCUT2D eigenvalue weighted by Crippen LogP contribution is 2.43. The Kier molecular flexibility index (Phi) is 12.5. The zero-order chi connectivity index (χ0) is 43.7. The summed E-state index contributed by atoms with van der Waals surface area (Å²) in [6, 6.07) is 4.66. The van der Waals surface area contributed by atoms with Crippen LogP contribution in [-0.2, 0) is 81.1 Å². The van der Waals surface area contributed by atoms with Crippen LogP contribution < -0.4 is 16.2 Å². The number of carbonyl (C=O) groups excluding carboxylic acids is 7. The van der Waals surface area contributed by atoms with Crippen LogP contribution in [-0.4, -0.2) is 93.1 Å². The third-order valence-corrected chi connectivity index (χ3v) is 12.4. The molecule has 0 saturated heterocycles. The molecule has 3 atom stereocenters. The number of rotatable bonds is 18. The molecule has 3 aliphatic heterocycles. The van der Waals surface area contributed by atoms with E-state index in [1.807, 2.05) is 26.0 Å². The van der Waals surface area contributed by atoms with Crippen molar-refractivity contribution in [2.24, 2.45) is 11.8 Å². The number of pyridine rings is 2. The Balaban J connectivity index is 0.939. The summed E-state index contributed by atoms with van der Waals surface area (Å²) in [5.41, 5.74) is 4.05. The number of nitrogens with one attached hydrogen (secondary N) is 2. The fourth-order valence-corrected chi connectivity index (χ4v) is 8.78. The van der Waals surface area contributed by atoms with Crippen LogP contribution in [0.4, 0.5) is 0 Å². The first-order valence-electron chi connectivity index (χ1n) is 21.0. The molecule has 0 saturated carbocycles. The van der Waals surface area contributed by atoms with E-state index in [0.29, 0.717) is 17.9 Å². The van der Waals surface area contributed by atoms with Gasteiger partial charge in [-0.3, -0.25) is 38.5 Å². The van der Waals surface area contributed by atoms with Gasteiger partial charge in [-0.05, 0) is 67.3 Å². The maximum absolute atomic E-state index is 13.8. The molecule has 1 aromatic carbocycles. The summed E-state index contributed by atoms with van der Waals surface area (Å²) in [5.74, 6) is -3.59. The number of amides is 4. The fraction of sp³-hybridized carbons (Fsp3) is 0.489. The van der Waals surface area contributed by atoms with E-state index < -0.39 is 35.3 Å². The zero-order valence-electron chi connectivity index (χ0n) is 34.9. The van der Waals surface area contributed by atoms with Crippen molar-refractivity contribution in [3.05, 3.63) is 74.1 Å². The van der Waals surface area contributed by atoms with Crippen LogP contribution in [0.3, 0.4) is 0 Å². The molecule has 4 amide bonds. The summed E-state index contributed by atoms with van der Waals surface area (Å²) < 4.78 is 12.4. The van der Waals surface area contributed by atoms with Gasteiger partial charge < -0.3 is 29.8 Å². The first-order valence-corrected chi connectivity index (χ1v) is 21.0. The van der Waals surface area contributed by atoms with E-state index >= 15 is 0 Å². The number of ether oxygens (including phenoxy) is 2. The molecule has 16 heteroatoms. The normalized spacial score (nSPS) is 18.5. The van der Waals surface area contributed by atoms with Gasteiger partial charge in [0.15, 0.2) is 11.4 Å². The van der Waals surface area contributed by atoms with Gasteiger partial charge in [-0.1, -0.05) is 26.8 Å². The smallest absolute Gasteiger partial charge is 0.343 e. The van der Waals surface area contributed by atoms with Gasteiger partial charge in [0, 0.05) is 73.4 Å². The number of hydrogen-bond donors (Lipinski definition) is 3. The maximum atomic E-state index is 13.8. The van der Waals surface area contributed by atoms with E-state index in [1.54, 1.807) is 24.5 Å². The Hall–Kier alpha value is -5.87. The lowest BCUT2D eigenvalue weighted by Gasteiger charge is -2.31. The van der Waals surface area contributed by atoms with Crippen LogP contribution in [0, 0.1) is 11.8 Å². The van der Waals surface area contributed by atoms with Gasteiger partial charge in [-0.15, -0.1) is 0 Å². The number of aryl methyl sites for hydroxylation is 2. The molecule has 7 rings (SSSR count). The molecule has 2 aromatic heterocycles. The quantitative estimate of drug-likeness (QED) is 0.0747. The molecule has 0 fully saturated rings. The van der Waals surface area contributed by atoms with Gasteiger partial charge in [0.25, 0.3) is 17.4 Å². The number of imide groups is 1. The van der Waals surface area contributed by atoms with Crippen LogP contribution in [0.1, 0.15) is 93.2 Å². The van der Waals surface area contributed by atoms with Crippen molar-refractivity contribution in [3.63, 3.8) is 0 Å². The van der Waals surface area contributed by atoms with Gasteiger partial charge >= 0.3 is 5.97 Å². The predicted molar refractivity (Wildman–Crippen MR) is 220 cm³/mol. The summed E-state index contributed by atoms with van der Waals surface area (Å²) in [6.45, 7) is 7.51. The summed E-state index contributed by atoms with van der Waals surface area (Å²) in [7, 11) is 0. The molecule has 0 bridgehead atoms. The number of carbonyl (C=O) groups is 7. The molecule has 0 spiro atoms. The number of hydrogen-bond acceptors (Lipinski definition) is 12. The highest BCUT2D eigenvalue weighted by atomic mass is 16.6. The minimum absolute atomic E-state index is 0.0174. The Morgan fingerprint density at radius 3 is 2.43 bits per heavy atom. The summed E-state index contributed by atoms with van der Waals surface area (Å²) in [4.78, 5) is 108. The van der Waals surface area contributed by atoms with Crippen LogP contribution in [0.5, 0.6) is 0 Å². The van der Waals surface area contributed by atoms with Gasteiger partial charge in [0.2, 0.25) is 11.8 Å². The Morgan fingerprint density at radius 1 is 0.967 bits per heavy atom. The number of aliphatic hydroxyl groups is 1. The minimum Gasteiger partial charge on any atom is -0.458 e. The molecule has 1 aliphatic carbocycles.